The van der Waals surface area contributed by atoms with Crippen molar-refractivity contribution in [3.05, 3.63) is 212 Å². The summed E-state index contributed by atoms with van der Waals surface area (Å²) in [7, 11) is 0. The number of pyridine rings is 1. The van der Waals surface area contributed by atoms with Gasteiger partial charge in [-0.1, -0.05) is 170 Å². The van der Waals surface area contributed by atoms with Crippen LogP contribution in [0, 0.1) is 0 Å². The fourth-order valence-corrected chi connectivity index (χ4v) is 8.84. The third-order valence-electron chi connectivity index (χ3n) is 11.7. The highest BCUT2D eigenvalue weighted by atomic mass is 16.3. The van der Waals surface area contributed by atoms with Crippen molar-refractivity contribution >= 4 is 43.7 Å². The zero-order valence-corrected chi connectivity index (χ0v) is 33.4. The Morgan fingerprint density at radius 3 is 1.60 bits per heavy atom. The fraction of sp³-hybridized carbons (Fsp3) is 0. The van der Waals surface area contributed by atoms with E-state index in [9.17, 15) is 0 Å². The minimum atomic E-state index is 0.517. The van der Waals surface area contributed by atoms with Crippen molar-refractivity contribution in [3.8, 4) is 73.4 Å². The van der Waals surface area contributed by atoms with Gasteiger partial charge in [0.1, 0.15) is 17.0 Å². The number of para-hydroxylation sites is 2. The second-order valence-corrected chi connectivity index (χ2v) is 15.4. The van der Waals surface area contributed by atoms with Crippen molar-refractivity contribution in [2.75, 3.05) is 0 Å². The van der Waals surface area contributed by atoms with E-state index in [1.807, 2.05) is 79.0 Å². The van der Waals surface area contributed by atoms with Gasteiger partial charge in [0.2, 0.25) is 0 Å². The van der Waals surface area contributed by atoms with E-state index >= 15 is 0 Å². The van der Waals surface area contributed by atoms with E-state index in [1.165, 1.54) is 0 Å². The van der Waals surface area contributed by atoms with Gasteiger partial charge in [-0.25, -0.2) is 19.9 Å². The van der Waals surface area contributed by atoms with Gasteiger partial charge in [-0.2, -0.15) is 0 Å². The van der Waals surface area contributed by atoms with Gasteiger partial charge < -0.3 is 4.42 Å². The number of rotatable bonds is 7. The smallest absolute Gasteiger partial charge is 0.167 e. The van der Waals surface area contributed by atoms with E-state index in [2.05, 4.69) is 138 Å². The Balaban J connectivity index is 1.19. The van der Waals surface area contributed by atoms with Gasteiger partial charge >= 0.3 is 0 Å². The number of benzene rings is 8. The zero-order chi connectivity index (χ0) is 41.0. The molecule has 0 aliphatic heterocycles. The third-order valence-corrected chi connectivity index (χ3v) is 11.7. The first-order chi connectivity index (χ1) is 30.7. The quantitative estimate of drug-likeness (QED) is 0.161. The molecule has 4 heterocycles. The Hall–Kier alpha value is -8.48. The molecule has 12 rings (SSSR count). The maximum absolute atomic E-state index is 6.43. The Labute approximate surface area is 357 Å². The third kappa shape index (κ3) is 5.96. The monoisotopic (exact) mass is 793 g/mol. The van der Waals surface area contributed by atoms with Crippen LogP contribution in [0.2, 0.25) is 0 Å². The van der Waals surface area contributed by atoms with Crippen molar-refractivity contribution in [1.82, 2.24) is 24.5 Å². The number of fused-ring (bicyclic) bond motifs is 7. The molecule has 290 valence electrons. The number of nitrogens with zero attached hydrogens (tertiary/aromatic N) is 5. The Kier molecular flexibility index (Phi) is 8.38. The van der Waals surface area contributed by atoms with Crippen LogP contribution in [0.4, 0.5) is 0 Å². The van der Waals surface area contributed by atoms with Crippen molar-refractivity contribution in [3.63, 3.8) is 0 Å². The topological polar surface area (TPSA) is 69.6 Å². The summed E-state index contributed by atoms with van der Waals surface area (Å²) < 4.78 is 8.69. The van der Waals surface area contributed by atoms with Crippen LogP contribution in [0.1, 0.15) is 0 Å². The van der Waals surface area contributed by atoms with Crippen molar-refractivity contribution in [2.45, 2.75) is 0 Å². The van der Waals surface area contributed by atoms with Crippen LogP contribution in [0.15, 0.2) is 217 Å². The second-order valence-electron chi connectivity index (χ2n) is 15.4. The Bertz CT molecular complexity index is 3560. The molecular formula is C56H35N5O. The molecule has 6 heteroatoms. The van der Waals surface area contributed by atoms with Gasteiger partial charge in [0.05, 0.1) is 16.6 Å². The number of hydrogen-bond donors (Lipinski definition) is 0. The molecule has 0 fully saturated rings. The lowest BCUT2D eigenvalue weighted by Crippen LogP contribution is -2.06. The molecule has 0 saturated carbocycles. The molecule has 0 spiro atoms. The summed E-state index contributed by atoms with van der Waals surface area (Å²) in [6.45, 7) is 0. The molecule has 8 aromatic carbocycles. The van der Waals surface area contributed by atoms with Crippen LogP contribution >= 0.6 is 0 Å². The van der Waals surface area contributed by atoms with Gasteiger partial charge in [0.25, 0.3) is 0 Å². The van der Waals surface area contributed by atoms with Gasteiger partial charge in [0, 0.05) is 44.4 Å². The van der Waals surface area contributed by atoms with Crippen LogP contribution < -0.4 is 0 Å². The lowest BCUT2D eigenvalue weighted by atomic mass is 9.91. The summed E-state index contributed by atoms with van der Waals surface area (Å²) >= 11 is 0. The van der Waals surface area contributed by atoms with E-state index in [4.69, 9.17) is 24.4 Å². The predicted molar refractivity (Wildman–Crippen MR) is 252 cm³/mol. The van der Waals surface area contributed by atoms with Gasteiger partial charge in [-0.15, -0.1) is 0 Å². The van der Waals surface area contributed by atoms with Gasteiger partial charge in [-0.3, -0.25) is 4.57 Å². The lowest BCUT2D eigenvalue weighted by Gasteiger charge is -2.17. The zero-order valence-electron chi connectivity index (χ0n) is 33.4. The number of hydrogen-bond acceptors (Lipinski definition) is 5. The fourth-order valence-electron chi connectivity index (χ4n) is 8.84. The van der Waals surface area contributed by atoms with Crippen LogP contribution in [-0.4, -0.2) is 24.5 Å². The summed E-state index contributed by atoms with van der Waals surface area (Å²) in [6.07, 6.45) is 2.00. The molecule has 0 aliphatic rings. The predicted octanol–water partition coefficient (Wildman–Crippen LogP) is 14.3. The summed E-state index contributed by atoms with van der Waals surface area (Å²) in [5, 5.41) is 4.36. The SMILES string of the molecule is c1ccc(-c2ccc(-c3ccccc3)c(-c3cnc(-n4c5ccccc5c5c6c(ccc54)oc4ccccc46)c(-c4nc(-c5ccccc5)nc(-c5ccccc5)n4)c3)c2)cc1. The van der Waals surface area contributed by atoms with Crippen LogP contribution in [0.5, 0.6) is 0 Å². The minimum absolute atomic E-state index is 0.517. The maximum atomic E-state index is 6.43. The maximum Gasteiger partial charge on any atom is 0.167 e. The molecule has 12 aromatic rings. The van der Waals surface area contributed by atoms with Gasteiger partial charge in [-0.05, 0) is 64.2 Å². The minimum Gasteiger partial charge on any atom is -0.456 e. The van der Waals surface area contributed by atoms with E-state index in [0.29, 0.717) is 23.3 Å². The molecule has 0 bridgehead atoms. The van der Waals surface area contributed by atoms with Crippen LogP contribution in [-0.2, 0) is 0 Å². The van der Waals surface area contributed by atoms with Crippen molar-refractivity contribution in [1.29, 1.82) is 0 Å². The summed E-state index contributed by atoms with van der Waals surface area (Å²) in [6, 6.07) is 71.2. The first kappa shape index (κ1) is 35.5. The molecule has 0 radical (unpaired) electrons. The standard InChI is InChI=1S/C56H35N5O/c1-5-17-36(18-6-1)40-29-30-42(37-19-7-2-8-20-37)45(33-40)41-34-46(55-59-53(38-21-9-3-10-22-38)58-54(60-55)39-23-11-4-12-24-39)56(57-35-41)61-47-27-15-13-25-43(47)51-48(61)31-32-50-52(51)44-26-14-16-28-49(44)62-50/h1-35H. The molecule has 4 aromatic heterocycles. The molecule has 6 nitrogen and oxygen atoms in total. The summed E-state index contributed by atoms with van der Waals surface area (Å²) in [5.41, 5.74) is 12.7. The normalized spacial score (nSPS) is 11.5. The molecule has 0 unspecified atom stereocenters. The molecule has 0 amide bonds. The Morgan fingerprint density at radius 1 is 0.339 bits per heavy atom. The molecule has 0 saturated heterocycles. The molecular weight excluding hydrogens is 759 g/mol. The van der Waals surface area contributed by atoms with E-state index in [1.54, 1.807) is 0 Å². The number of furan rings is 1. The van der Waals surface area contributed by atoms with Crippen LogP contribution in [0.25, 0.3) is 117 Å². The van der Waals surface area contributed by atoms with Crippen molar-refractivity contribution < 1.29 is 4.42 Å². The van der Waals surface area contributed by atoms with E-state index < -0.39 is 0 Å². The summed E-state index contributed by atoms with van der Waals surface area (Å²) in [4.78, 5) is 21.2. The van der Waals surface area contributed by atoms with E-state index in [-0.39, 0.29) is 0 Å². The second kappa shape index (κ2) is 14.7. The van der Waals surface area contributed by atoms with E-state index in [0.717, 1.165) is 93.8 Å². The number of aromatic nitrogens is 5. The Morgan fingerprint density at radius 2 is 0.903 bits per heavy atom. The average Bonchev–Trinajstić information content (AvgIpc) is 3.90. The largest absolute Gasteiger partial charge is 0.456 e. The molecule has 62 heavy (non-hydrogen) atoms. The average molecular weight is 794 g/mol. The van der Waals surface area contributed by atoms with Crippen molar-refractivity contribution in [2.24, 2.45) is 0 Å². The molecule has 0 aliphatic carbocycles. The van der Waals surface area contributed by atoms with Crippen LogP contribution in [0.3, 0.4) is 0 Å². The van der Waals surface area contributed by atoms with Gasteiger partial charge in [0.15, 0.2) is 17.5 Å². The lowest BCUT2D eigenvalue weighted by molar-refractivity contribution is 0.669. The molecule has 0 atom stereocenters. The highest BCUT2D eigenvalue weighted by Crippen LogP contribution is 2.44. The molecule has 0 N–H and O–H groups in total. The summed E-state index contributed by atoms with van der Waals surface area (Å²) in [5.74, 6) is 2.38. The first-order valence-corrected chi connectivity index (χ1v) is 20.7. The first-order valence-electron chi connectivity index (χ1n) is 20.7. The highest BCUT2D eigenvalue weighted by molar-refractivity contribution is 6.27. The highest BCUT2D eigenvalue weighted by Gasteiger charge is 2.24.